The number of hydrogen-bond donors (Lipinski definition) is 1. The van der Waals surface area contributed by atoms with Gasteiger partial charge >= 0.3 is 12.1 Å². The fourth-order valence-electron chi connectivity index (χ4n) is 1.82. The number of aryl methyl sites for hydroxylation is 1. The molecule has 110 valence electrons. The summed E-state index contributed by atoms with van der Waals surface area (Å²) >= 11 is 0. The van der Waals surface area contributed by atoms with Crippen molar-refractivity contribution in [1.29, 1.82) is 0 Å². The molecule has 0 radical (unpaired) electrons. The van der Waals surface area contributed by atoms with Crippen molar-refractivity contribution in [3.63, 3.8) is 0 Å². The number of aliphatic carboxylic acids is 1. The van der Waals surface area contributed by atoms with Crippen LogP contribution < -0.4 is 4.74 Å². The highest BCUT2D eigenvalue weighted by atomic mass is 19.4. The molecule has 0 aromatic heterocycles. The number of carbonyl (C=O) groups is 1. The van der Waals surface area contributed by atoms with Gasteiger partial charge in [-0.05, 0) is 42.9 Å². The van der Waals surface area contributed by atoms with Gasteiger partial charge in [-0.3, -0.25) is 4.79 Å². The lowest BCUT2D eigenvalue weighted by Gasteiger charge is -2.15. The quantitative estimate of drug-likeness (QED) is 0.871. The molecule has 1 aliphatic rings. The van der Waals surface area contributed by atoms with Crippen LogP contribution in [0, 0.1) is 5.92 Å². The Morgan fingerprint density at radius 3 is 2.60 bits per heavy atom. The number of hydrogen-bond acceptors (Lipinski definition) is 2. The molecule has 0 atom stereocenters. The van der Waals surface area contributed by atoms with E-state index < -0.39 is 17.7 Å². The lowest BCUT2D eigenvalue weighted by molar-refractivity contribution is -0.139. The average Bonchev–Trinajstić information content (AvgIpc) is 3.17. The van der Waals surface area contributed by atoms with Gasteiger partial charge in [-0.2, -0.15) is 13.2 Å². The van der Waals surface area contributed by atoms with E-state index in [2.05, 4.69) is 0 Å². The van der Waals surface area contributed by atoms with E-state index in [1.54, 1.807) is 0 Å². The van der Waals surface area contributed by atoms with Crippen LogP contribution in [0.25, 0.3) is 0 Å². The standard InChI is InChI=1S/C14H15F3O3/c15-14(16,17)11-7-9(4-6-13(18)19)3-5-12(11)20-8-10-1-2-10/h3,5,7,10H,1-2,4,6,8H2,(H,18,19). The lowest BCUT2D eigenvalue weighted by atomic mass is 10.1. The summed E-state index contributed by atoms with van der Waals surface area (Å²) < 4.78 is 44.1. The summed E-state index contributed by atoms with van der Waals surface area (Å²) in [7, 11) is 0. The van der Waals surface area contributed by atoms with Crippen LogP contribution in [0.5, 0.6) is 5.75 Å². The summed E-state index contributed by atoms with van der Waals surface area (Å²) in [6.45, 7) is 0.303. The highest BCUT2D eigenvalue weighted by Gasteiger charge is 2.35. The molecule has 3 nitrogen and oxygen atoms in total. The zero-order chi connectivity index (χ0) is 14.8. The van der Waals surface area contributed by atoms with Crippen LogP contribution in [-0.4, -0.2) is 17.7 Å². The van der Waals surface area contributed by atoms with Crippen LogP contribution in [0.1, 0.15) is 30.4 Å². The third kappa shape index (κ3) is 4.15. The number of alkyl halides is 3. The largest absolute Gasteiger partial charge is 0.493 e. The van der Waals surface area contributed by atoms with Crippen molar-refractivity contribution >= 4 is 5.97 Å². The van der Waals surface area contributed by atoms with Crippen molar-refractivity contribution in [2.24, 2.45) is 5.92 Å². The zero-order valence-electron chi connectivity index (χ0n) is 10.7. The zero-order valence-corrected chi connectivity index (χ0v) is 10.7. The molecule has 0 aliphatic heterocycles. The summed E-state index contributed by atoms with van der Waals surface area (Å²) in [5, 5.41) is 8.56. The Labute approximate surface area is 114 Å². The summed E-state index contributed by atoms with van der Waals surface area (Å²) in [5.74, 6) is -0.848. The number of ether oxygens (including phenoxy) is 1. The van der Waals surface area contributed by atoms with E-state index in [0.29, 0.717) is 18.1 Å². The van der Waals surface area contributed by atoms with Crippen LogP contribution in [0.2, 0.25) is 0 Å². The predicted octanol–water partition coefficient (Wildman–Crippen LogP) is 3.51. The molecule has 2 rings (SSSR count). The number of rotatable bonds is 6. The highest BCUT2D eigenvalue weighted by molar-refractivity contribution is 5.67. The average molecular weight is 288 g/mol. The molecule has 0 saturated heterocycles. The van der Waals surface area contributed by atoms with E-state index in [1.807, 2.05) is 0 Å². The molecule has 6 heteroatoms. The Morgan fingerprint density at radius 2 is 2.05 bits per heavy atom. The second kappa shape index (κ2) is 5.73. The summed E-state index contributed by atoms with van der Waals surface area (Å²) in [6, 6.07) is 3.74. The first-order chi connectivity index (χ1) is 9.36. The van der Waals surface area contributed by atoms with E-state index in [0.717, 1.165) is 18.9 Å². The third-order valence-electron chi connectivity index (χ3n) is 3.15. The normalized spacial score (nSPS) is 15.2. The number of halogens is 3. The second-order valence-electron chi connectivity index (χ2n) is 4.98. The van der Waals surface area contributed by atoms with Gasteiger partial charge in [-0.15, -0.1) is 0 Å². The fraction of sp³-hybridized carbons (Fsp3) is 0.500. The number of carboxylic acid groups (broad SMARTS) is 1. The van der Waals surface area contributed by atoms with E-state index in [-0.39, 0.29) is 18.6 Å². The third-order valence-corrected chi connectivity index (χ3v) is 3.15. The molecule has 1 saturated carbocycles. The Balaban J connectivity index is 2.15. The monoisotopic (exact) mass is 288 g/mol. The van der Waals surface area contributed by atoms with Crippen molar-refractivity contribution in [3.05, 3.63) is 29.3 Å². The minimum atomic E-state index is -4.50. The molecule has 1 aromatic rings. The van der Waals surface area contributed by atoms with Crippen molar-refractivity contribution in [2.75, 3.05) is 6.61 Å². The Kier molecular flexibility index (Phi) is 4.20. The summed E-state index contributed by atoms with van der Waals surface area (Å²) in [5.41, 5.74) is -0.487. The molecule has 0 heterocycles. The molecule has 1 aromatic carbocycles. The SMILES string of the molecule is O=C(O)CCc1ccc(OCC2CC2)c(C(F)(F)F)c1. The Hall–Kier alpha value is -1.72. The van der Waals surface area contributed by atoms with Gasteiger partial charge in [-0.1, -0.05) is 6.07 Å². The first kappa shape index (κ1) is 14.7. The van der Waals surface area contributed by atoms with Crippen molar-refractivity contribution in [3.8, 4) is 5.75 Å². The Bertz CT molecular complexity index is 493. The minimum absolute atomic E-state index is 0.0708. The summed E-state index contributed by atoms with van der Waals surface area (Å²) in [4.78, 5) is 10.5. The second-order valence-corrected chi connectivity index (χ2v) is 4.98. The van der Waals surface area contributed by atoms with Crippen LogP contribution in [0.15, 0.2) is 18.2 Å². The van der Waals surface area contributed by atoms with E-state index in [9.17, 15) is 18.0 Å². The van der Waals surface area contributed by atoms with Crippen LogP contribution >= 0.6 is 0 Å². The van der Waals surface area contributed by atoms with Gasteiger partial charge in [0, 0.05) is 6.42 Å². The molecule has 1 N–H and O–H groups in total. The highest BCUT2D eigenvalue weighted by Crippen LogP contribution is 2.38. The fourth-order valence-corrected chi connectivity index (χ4v) is 1.82. The van der Waals surface area contributed by atoms with E-state index in [4.69, 9.17) is 9.84 Å². The molecular weight excluding hydrogens is 273 g/mol. The maximum atomic E-state index is 13.0. The molecule has 1 aliphatic carbocycles. The molecule has 20 heavy (non-hydrogen) atoms. The van der Waals surface area contributed by atoms with Gasteiger partial charge in [0.2, 0.25) is 0 Å². The molecule has 0 spiro atoms. The summed E-state index contributed by atoms with van der Waals surface area (Å²) in [6.07, 6.45) is -2.63. The smallest absolute Gasteiger partial charge is 0.419 e. The molecule has 1 fully saturated rings. The van der Waals surface area contributed by atoms with Gasteiger partial charge in [0.15, 0.2) is 0 Å². The minimum Gasteiger partial charge on any atom is -0.493 e. The number of benzene rings is 1. The molecular formula is C14H15F3O3. The predicted molar refractivity (Wildman–Crippen MR) is 65.6 cm³/mol. The maximum Gasteiger partial charge on any atom is 0.419 e. The lowest BCUT2D eigenvalue weighted by Crippen LogP contribution is -2.11. The van der Waals surface area contributed by atoms with Gasteiger partial charge in [0.1, 0.15) is 5.75 Å². The van der Waals surface area contributed by atoms with Gasteiger partial charge in [0.25, 0.3) is 0 Å². The Morgan fingerprint density at radius 1 is 1.35 bits per heavy atom. The van der Waals surface area contributed by atoms with Gasteiger partial charge in [0.05, 0.1) is 12.2 Å². The molecule has 0 bridgehead atoms. The van der Waals surface area contributed by atoms with Crippen molar-refractivity contribution < 1.29 is 27.8 Å². The van der Waals surface area contributed by atoms with Crippen LogP contribution in [0.3, 0.4) is 0 Å². The van der Waals surface area contributed by atoms with Gasteiger partial charge < -0.3 is 9.84 Å². The van der Waals surface area contributed by atoms with Crippen LogP contribution in [-0.2, 0) is 17.4 Å². The molecule has 0 amide bonds. The number of carboxylic acids is 1. The first-order valence-electron chi connectivity index (χ1n) is 6.41. The molecule has 0 unspecified atom stereocenters. The van der Waals surface area contributed by atoms with Crippen molar-refractivity contribution in [2.45, 2.75) is 31.9 Å². The first-order valence-corrected chi connectivity index (χ1v) is 6.41. The topological polar surface area (TPSA) is 46.5 Å². The van der Waals surface area contributed by atoms with E-state index >= 15 is 0 Å². The van der Waals surface area contributed by atoms with Gasteiger partial charge in [-0.25, -0.2) is 0 Å². The maximum absolute atomic E-state index is 13.0. The van der Waals surface area contributed by atoms with E-state index in [1.165, 1.54) is 12.1 Å². The van der Waals surface area contributed by atoms with Crippen molar-refractivity contribution in [1.82, 2.24) is 0 Å². The van der Waals surface area contributed by atoms with Crippen LogP contribution in [0.4, 0.5) is 13.2 Å².